The molecule has 1 fully saturated rings. The Hall–Kier alpha value is -2.01. The lowest BCUT2D eigenvalue weighted by atomic mass is 10.1. The Morgan fingerprint density at radius 3 is 2.81 bits per heavy atom. The molecule has 5 heteroatoms. The minimum Gasteiger partial charge on any atom is -0.493 e. The number of nitrogens with zero attached hydrogens (tertiary/aromatic N) is 1. The molecular weight excluding hydrogens is 270 g/mol. The molecule has 1 aromatic rings. The Balaban J connectivity index is 2.17. The van der Waals surface area contributed by atoms with Gasteiger partial charge < -0.3 is 19.1 Å². The molecule has 1 saturated heterocycles. The maximum atomic E-state index is 12.1. The standard InChI is InChI=1S/C16H21NO4/c1-17(2)8-6-14(18)12-4-5-15(19-3)16(10-12)21-13-7-9-20-11-13/h4-6,8,10,13H,7,9,11H2,1-3H3/b8-6+. The van der Waals surface area contributed by atoms with Gasteiger partial charge in [0.15, 0.2) is 17.3 Å². The van der Waals surface area contributed by atoms with Crippen molar-refractivity contribution in [2.45, 2.75) is 12.5 Å². The van der Waals surface area contributed by atoms with Crippen molar-refractivity contribution in [1.29, 1.82) is 0 Å². The first-order chi connectivity index (χ1) is 10.1. The second-order valence-corrected chi connectivity index (χ2v) is 5.11. The number of carbonyl (C=O) groups excluding carboxylic acids is 1. The Labute approximate surface area is 125 Å². The average Bonchev–Trinajstić information content (AvgIpc) is 2.97. The Morgan fingerprint density at radius 2 is 2.19 bits per heavy atom. The fraction of sp³-hybridized carbons (Fsp3) is 0.438. The summed E-state index contributed by atoms with van der Waals surface area (Å²) in [6.07, 6.45) is 4.12. The number of carbonyl (C=O) groups is 1. The molecule has 0 bridgehead atoms. The molecule has 1 unspecified atom stereocenters. The summed E-state index contributed by atoms with van der Waals surface area (Å²) in [5, 5.41) is 0. The molecule has 1 aliphatic rings. The topological polar surface area (TPSA) is 48.0 Å². The van der Waals surface area contributed by atoms with Gasteiger partial charge in [-0.2, -0.15) is 0 Å². The lowest BCUT2D eigenvalue weighted by Crippen LogP contribution is -2.16. The number of ketones is 1. The summed E-state index contributed by atoms with van der Waals surface area (Å²) in [5.41, 5.74) is 0.572. The van der Waals surface area contributed by atoms with Gasteiger partial charge in [-0.05, 0) is 18.2 Å². The number of allylic oxidation sites excluding steroid dienone is 1. The van der Waals surface area contributed by atoms with Crippen LogP contribution in [0.5, 0.6) is 11.5 Å². The van der Waals surface area contributed by atoms with Crippen molar-refractivity contribution in [1.82, 2.24) is 4.90 Å². The largest absolute Gasteiger partial charge is 0.493 e. The highest BCUT2D eigenvalue weighted by molar-refractivity contribution is 6.04. The van der Waals surface area contributed by atoms with Crippen LogP contribution in [0.2, 0.25) is 0 Å². The van der Waals surface area contributed by atoms with Gasteiger partial charge in [0, 0.05) is 38.4 Å². The SMILES string of the molecule is COc1ccc(C(=O)/C=C/N(C)C)cc1OC1CCOC1. The normalized spacial score (nSPS) is 18.0. The zero-order chi connectivity index (χ0) is 15.2. The first-order valence-corrected chi connectivity index (χ1v) is 6.91. The first-order valence-electron chi connectivity index (χ1n) is 6.91. The number of methoxy groups -OCH3 is 1. The molecule has 1 atom stereocenters. The second-order valence-electron chi connectivity index (χ2n) is 5.11. The van der Waals surface area contributed by atoms with E-state index < -0.39 is 0 Å². The highest BCUT2D eigenvalue weighted by Crippen LogP contribution is 2.30. The van der Waals surface area contributed by atoms with E-state index in [0.29, 0.717) is 30.3 Å². The molecule has 1 aromatic carbocycles. The molecule has 0 aliphatic carbocycles. The van der Waals surface area contributed by atoms with E-state index >= 15 is 0 Å². The van der Waals surface area contributed by atoms with E-state index in [9.17, 15) is 4.79 Å². The van der Waals surface area contributed by atoms with Gasteiger partial charge in [-0.25, -0.2) is 0 Å². The van der Waals surface area contributed by atoms with E-state index in [-0.39, 0.29) is 11.9 Å². The fourth-order valence-electron chi connectivity index (χ4n) is 2.02. The van der Waals surface area contributed by atoms with Crippen LogP contribution in [0.3, 0.4) is 0 Å². The van der Waals surface area contributed by atoms with Gasteiger partial charge in [-0.1, -0.05) is 0 Å². The highest BCUT2D eigenvalue weighted by atomic mass is 16.6. The van der Waals surface area contributed by atoms with Crippen molar-refractivity contribution in [2.75, 3.05) is 34.4 Å². The summed E-state index contributed by atoms with van der Waals surface area (Å²) >= 11 is 0. The lowest BCUT2D eigenvalue weighted by molar-refractivity contribution is 0.104. The number of ether oxygens (including phenoxy) is 3. The maximum Gasteiger partial charge on any atom is 0.187 e. The van der Waals surface area contributed by atoms with Crippen molar-refractivity contribution in [3.8, 4) is 11.5 Å². The molecule has 0 N–H and O–H groups in total. The number of benzene rings is 1. The second kappa shape index (κ2) is 7.13. The molecule has 0 spiro atoms. The zero-order valence-electron chi connectivity index (χ0n) is 12.7. The van der Waals surface area contributed by atoms with E-state index in [1.54, 1.807) is 31.5 Å². The predicted octanol–water partition coefficient (Wildman–Crippen LogP) is 2.12. The van der Waals surface area contributed by atoms with E-state index in [4.69, 9.17) is 14.2 Å². The number of hydrogen-bond acceptors (Lipinski definition) is 5. The van der Waals surface area contributed by atoms with Crippen LogP contribution in [0.15, 0.2) is 30.5 Å². The number of hydrogen-bond donors (Lipinski definition) is 0. The molecule has 5 nitrogen and oxygen atoms in total. The molecular formula is C16H21NO4. The van der Waals surface area contributed by atoms with Crippen LogP contribution in [-0.4, -0.2) is 51.2 Å². The molecule has 21 heavy (non-hydrogen) atoms. The lowest BCUT2D eigenvalue weighted by Gasteiger charge is -2.15. The van der Waals surface area contributed by atoms with Gasteiger partial charge in [-0.15, -0.1) is 0 Å². The summed E-state index contributed by atoms with van der Waals surface area (Å²) in [4.78, 5) is 13.9. The Bertz CT molecular complexity index is 519. The molecule has 0 aromatic heterocycles. The van der Waals surface area contributed by atoms with Crippen molar-refractivity contribution in [3.63, 3.8) is 0 Å². The van der Waals surface area contributed by atoms with Crippen LogP contribution in [-0.2, 0) is 4.74 Å². The third-order valence-electron chi connectivity index (χ3n) is 3.15. The smallest absolute Gasteiger partial charge is 0.187 e. The van der Waals surface area contributed by atoms with E-state index in [0.717, 1.165) is 6.42 Å². The van der Waals surface area contributed by atoms with Crippen molar-refractivity contribution < 1.29 is 19.0 Å². The van der Waals surface area contributed by atoms with Crippen LogP contribution in [0.4, 0.5) is 0 Å². The van der Waals surface area contributed by atoms with Crippen molar-refractivity contribution in [3.05, 3.63) is 36.0 Å². The van der Waals surface area contributed by atoms with Crippen LogP contribution >= 0.6 is 0 Å². The van der Waals surface area contributed by atoms with E-state index in [1.165, 1.54) is 6.08 Å². The highest BCUT2D eigenvalue weighted by Gasteiger charge is 2.19. The first kappa shape index (κ1) is 15.4. The summed E-state index contributed by atoms with van der Waals surface area (Å²) in [7, 11) is 5.32. The molecule has 0 amide bonds. The molecule has 2 rings (SSSR count). The van der Waals surface area contributed by atoms with Crippen molar-refractivity contribution in [2.24, 2.45) is 0 Å². The molecule has 1 aliphatic heterocycles. The number of rotatable bonds is 6. The zero-order valence-corrected chi connectivity index (χ0v) is 12.7. The summed E-state index contributed by atoms with van der Waals surface area (Å²) < 4.78 is 16.5. The van der Waals surface area contributed by atoms with Gasteiger partial charge in [-0.3, -0.25) is 4.79 Å². The molecule has 1 heterocycles. The maximum absolute atomic E-state index is 12.1. The predicted molar refractivity (Wildman–Crippen MR) is 80.0 cm³/mol. The molecule has 0 saturated carbocycles. The van der Waals surface area contributed by atoms with Crippen LogP contribution < -0.4 is 9.47 Å². The van der Waals surface area contributed by atoms with Crippen molar-refractivity contribution >= 4 is 5.78 Å². The van der Waals surface area contributed by atoms with Crippen LogP contribution in [0.25, 0.3) is 0 Å². The summed E-state index contributed by atoms with van der Waals surface area (Å²) in [6, 6.07) is 5.21. The van der Waals surface area contributed by atoms with E-state index in [2.05, 4.69) is 0 Å². The van der Waals surface area contributed by atoms with Gasteiger partial charge in [0.1, 0.15) is 6.10 Å². The van der Waals surface area contributed by atoms with E-state index in [1.807, 2.05) is 19.0 Å². The van der Waals surface area contributed by atoms with Gasteiger partial charge >= 0.3 is 0 Å². The summed E-state index contributed by atoms with van der Waals surface area (Å²) in [5.74, 6) is 1.13. The quantitative estimate of drug-likeness (QED) is 0.593. The summed E-state index contributed by atoms with van der Waals surface area (Å²) in [6.45, 7) is 1.28. The van der Waals surface area contributed by atoms with Crippen LogP contribution in [0.1, 0.15) is 16.8 Å². The fourth-order valence-corrected chi connectivity index (χ4v) is 2.02. The Morgan fingerprint density at radius 1 is 1.38 bits per heavy atom. The van der Waals surface area contributed by atoms with Crippen LogP contribution in [0, 0.1) is 0 Å². The van der Waals surface area contributed by atoms with Gasteiger partial charge in [0.05, 0.1) is 20.3 Å². The average molecular weight is 291 g/mol. The minimum absolute atomic E-state index is 0.0153. The monoisotopic (exact) mass is 291 g/mol. The van der Waals surface area contributed by atoms with Gasteiger partial charge in [0.25, 0.3) is 0 Å². The third kappa shape index (κ3) is 4.23. The molecule has 0 radical (unpaired) electrons. The van der Waals surface area contributed by atoms with Gasteiger partial charge in [0.2, 0.25) is 0 Å². The Kier molecular flexibility index (Phi) is 5.22. The molecule has 114 valence electrons. The minimum atomic E-state index is -0.0705. The third-order valence-corrected chi connectivity index (χ3v) is 3.15.